The molecule has 6 nitrogen and oxygen atoms in total. The minimum Gasteiger partial charge on any atom is -0.333 e. The highest BCUT2D eigenvalue weighted by atomic mass is 16.2. The molecule has 2 aliphatic heterocycles. The molecule has 1 aliphatic carbocycles. The highest BCUT2D eigenvalue weighted by Crippen LogP contribution is 2.58. The number of nitrogens with zero attached hydrogens (tertiary/aromatic N) is 5. The molecule has 3 rings (SSSR count). The van der Waals surface area contributed by atoms with E-state index in [1.165, 1.54) is 4.90 Å². The zero-order valence-electron chi connectivity index (χ0n) is 12.7. The third-order valence-electron chi connectivity index (χ3n) is 5.00. The summed E-state index contributed by atoms with van der Waals surface area (Å²) in [7, 11) is 0. The Morgan fingerprint density at radius 3 is 2.05 bits per heavy atom. The van der Waals surface area contributed by atoms with Crippen molar-refractivity contribution in [1.29, 1.82) is 21.0 Å². The fraction of sp³-hybridized carbons (Fsp3) is 0.562. The summed E-state index contributed by atoms with van der Waals surface area (Å²) in [6.45, 7) is 5.47. The van der Waals surface area contributed by atoms with Crippen molar-refractivity contribution in [1.82, 2.24) is 4.90 Å². The molecular formula is C16H15N5O. The highest BCUT2D eigenvalue weighted by Gasteiger charge is 2.70. The van der Waals surface area contributed by atoms with Crippen LogP contribution in [0.5, 0.6) is 0 Å². The van der Waals surface area contributed by atoms with Gasteiger partial charge in [-0.25, -0.2) is 0 Å². The molecule has 3 aliphatic rings. The zero-order valence-corrected chi connectivity index (χ0v) is 12.7. The number of hydrogen-bond donors (Lipinski definition) is 0. The Hall–Kier alpha value is -2.83. The van der Waals surface area contributed by atoms with Crippen molar-refractivity contribution in [3.05, 3.63) is 11.6 Å². The van der Waals surface area contributed by atoms with Gasteiger partial charge < -0.3 is 4.90 Å². The van der Waals surface area contributed by atoms with Gasteiger partial charge in [0.2, 0.25) is 5.91 Å². The van der Waals surface area contributed by atoms with E-state index in [0.29, 0.717) is 12.1 Å². The van der Waals surface area contributed by atoms with Crippen molar-refractivity contribution in [3.63, 3.8) is 0 Å². The number of rotatable bonds is 1. The van der Waals surface area contributed by atoms with Gasteiger partial charge in [0, 0.05) is 18.4 Å². The topological polar surface area (TPSA) is 115 Å². The first kappa shape index (κ1) is 15.6. The fourth-order valence-electron chi connectivity index (χ4n) is 3.96. The fourth-order valence-corrected chi connectivity index (χ4v) is 3.96. The maximum absolute atomic E-state index is 12.7. The lowest BCUT2D eigenvalue weighted by Gasteiger charge is -2.44. The number of amides is 1. The summed E-state index contributed by atoms with van der Waals surface area (Å²) >= 11 is 0. The van der Waals surface area contributed by atoms with Crippen LogP contribution in [-0.2, 0) is 4.79 Å². The van der Waals surface area contributed by atoms with Crippen molar-refractivity contribution in [2.75, 3.05) is 6.54 Å². The van der Waals surface area contributed by atoms with Gasteiger partial charge in [0.15, 0.2) is 10.8 Å². The molecule has 0 N–H and O–H groups in total. The van der Waals surface area contributed by atoms with Gasteiger partial charge in [-0.1, -0.05) is 18.6 Å². The van der Waals surface area contributed by atoms with E-state index in [2.05, 4.69) is 0 Å². The summed E-state index contributed by atoms with van der Waals surface area (Å²) < 4.78 is 0. The van der Waals surface area contributed by atoms with Gasteiger partial charge in [-0.2, -0.15) is 21.0 Å². The van der Waals surface area contributed by atoms with Crippen LogP contribution in [0.3, 0.4) is 0 Å². The quantitative estimate of drug-likeness (QED) is 0.679. The van der Waals surface area contributed by atoms with Crippen LogP contribution >= 0.6 is 0 Å². The normalized spacial score (nSPS) is 31.0. The van der Waals surface area contributed by atoms with Crippen molar-refractivity contribution in [3.8, 4) is 24.3 Å². The van der Waals surface area contributed by atoms with E-state index < -0.39 is 28.7 Å². The molecule has 0 saturated carbocycles. The van der Waals surface area contributed by atoms with E-state index in [9.17, 15) is 25.8 Å². The van der Waals surface area contributed by atoms with Gasteiger partial charge in [-0.05, 0) is 13.8 Å². The molecule has 0 aromatic rings. The van der Waals surface area contributed by atoms with Gasteiger partial charge in [0.1, 0.15) is 0 Å². The number of carbonyl (C=O) groups excluding carboxylic acids is 1. The predicted octanol–water partition coefficient (Wildman–Crippen LogP) is 1.50. The van der Waals surface area contributed by atoms with Gasteiger partial charge in [-0.15, -0.1) is 0 Å². The van der Waals surface area contributed by atoms with Gasteiger partial charge in [0.25, 0.3) is 0 Å². The first-order chi connectivity index (χ1) is 10.4. The summed E-state index contributed by atoms with van der Waals surface area (Å²) in [6, 6.07) is 6.80. The number of carbonyl (C=O) groups is 1. The number of hydrogen-bond acceptors (Lipinski definition) is 5. The van der Waals surface area contributed by atoms with Gasteiger partial charge in [-0.3, -0.25) is 4.79 Å². The average molecular weight is 293 g/mol. The molecule has 1 saturated heterocycles. The Labute approximate surface area is 129 Å². The Balaban J connectivity index is 2.97. The van der Waals surface area contributed by atoms with Crippen molar-refractivity contribution in [2.45, 2.75) is 26.8 Å². The largest absolute Gasteiger partial charge is 0.333 e. The second-order valence-electron chi connectivity index (χ2n) is 5.81. The zero-order chi connectivity index (χ0) is 16.7. The predicted molar refractivity (Wildman–Crippen MR) is 74.9 cm³/mol. The molecule has 2 bridgehead atoms. The summed E-state index contributed by atoms with van der Waals surface area (Å²) in [5, 5.41) is 38.9. The number of likely N-dealkylation sites (N-methyl/N-ethyl adjacent to an activating group) is 1. The smallest absolute Gasteiger partial charge is 0.226 e. The Bertz CT molecular complexity index is 696. The van der Waals surface area contributed by atoms with Crippen LogP contribution in [0.25, 0.3) is 0 Å². The van der Waals surface area contributed by atoms with Crippen LogP contribution in [0.4, 0.5) is 0 Å². The van der Waals surface area contributed by atoms with Crippen LogP contribution in [-0.4, -0.2) is 23.4 Å². The molecular weight excluding hydrogens is 278 g/mol. The molecule has 110 valence electrons. The SMILES string of the molecule is CCN1C(=O)[C@@H](C)[C@H]2C(C)=C[C@H]1C(C#N)(C#N)C2(C#N)C#N. The second kappa shape index (κ2) is 4.87. The lowest BCUT2D eigenvalue weighted by Crippen LogP contribution is -2.56. The minimum absolute atomic E-state index is 0.229. The van der Waals surface area contributed by atoms with Crippen LogP contribution in [0.15, 0.2) is 11.6 Å². The lowest BCUT2D eigenvalue weighted by atomic mass is 9.51. The molecule has 0 unspecified atom stereocenters. The van der Waals surface area contributed by atoms with Crippen LogP contribution in [0, 0.1) is 68.0 Å². The molecule has 22 heavy (non-hydrogen) atoms. The first-order valence-electron chi connectivity index (χ1n) is 7.04. The molecule has 1 fully saturated rings. The third kappa shape index (κ3) is 1.42. The van der Waals surface area contributed by atoms with Gasteiger partial charge in [0.05, 0.1) is 30.3 Å². The molecule has 0 aromatic carbocycles. The average Bonchev–Trinajstić information content (AvgIpc) is 2.66. The molecule has 2 heterocycles. The first-order valence-corrected chi connectivity index (χ1v) is 7.04. The molecule has 0 spiro atoms. The van der Waals surface area contributed by atoms with Crippen LogP contribution in [0.1, 0.15) is 20.8 Å². The van der Waals surface area contributed by atoms with E-state index >= 15 is 0 Å². The van der Waals surface area contributed by atoms with Crippen LogP contribution < -0.4 is 0 Å². The summed E-state index contributed by atoms with van der Waals surface area (Å²) in [5.74, 6) is -1.63. The van der Waals surface area contributed by atoms with Crippen molar-refractivity contribution >= 4 is 5.91 Å². The minimum atomic E-state index is -1.89. The molecule has 0 radical (unpaired) electrons. The summed E-state index contributed by atoms with van der Waals surface area (Å²) in [5.41, 5.74) is -3.04. The monoisotopic (exact) mass is 293 g/mol. The Morgan fingerprint density at radius 1 is 1.14 bits per heavy atom. The number of allylic oxidation sites excluding steroid dienone is 1. The van der Waals surface area contributed by atoms with E-state index in [4.69, 9.17) is 0 Å². The van der Waals surface area contributed by atoms with Gasteiger partial charge >= 0.3 is 0 Å². The molecule has 0 aromatic heterocycles. The maximum atomic E-state index is 12.7. The highest BCUT2D eigenvalue weighted by molar-refractivity contribution is 5.82. The second-order valence-corrected chi connectivity index (χ2v) is 5.81. The molecule has 1 amide bonds. The number of fused-ring (bicyclic) bond motifs is 3. The summed E-state index contributed by atoms with van der Waals surface area (Å²) in [6.07, 6.45) is 1.70. The summed E-state index contributed by atoms with van der Waals surface area (Å²) in [4.78, 5) is 14.1. The number of nitriles is 4. The lowest BCUT2D eigenvalue weighted by molar-refractivity contribution is -0.136. The van der Waals surface area contributed by atoms with E-state index in [1.807, 2.05) is 24.3 Å². The third-order valence-corrected chi connectivity index (χ3v) is 5.00. The Morgan fingerprint density at radius 2 is 1.64 bits per heavy atom. The van der Waals surface area contributed by atoms with Crippen molar-refractivity contribution < 1.29 is 4.79 Å². The standard InChI is InChI=1S/C16H15N5O/c1-4-21-12-5-10(2)13(11(3)14(21)22)16(8-19,9-20)15(12,6-17)7-18/h5,11-13H,4H2,1-3H3/t11-,12-,13+/m0/s1. The maximum Gasteiger partial charge on any atom is 0.226 e. The Kier molecular flexibility index (Phi) is 3.44. The van der Waals surface area contributed by atoms with E-state index in [-0.39, 0.29) is 5.91 Å². The van der Waals surface area contributed by atoms with Crippen LogP contribution in [0.2, 0.25) is 0 Å². The van der Waals surface area contributed by atoms with E-state index in [0.717, 1.165) is 0 Å². The molecule has 6 heteroatoms. The molecule has 3 atom stereocenters. The van der Waals surface area contributed by atoms with E-state index in [1.54, 1.807) is 26.8 Å². The van der Waals surface area contributed by atoms with Crippen molar-refractivity contribution in [2.24, 2.45) is 22.7 Å².